The highest BCUT2D eigenvalue weighted by atomic mass is 19.2. The van der Waals surface area contributed by atoms with Gasteiger partial charge < -0.3 is 22.1 Å². The molecule has 0 heterocycles. The van der Waals surface area contributed by atoms with Crippen LogP contribution in [0.5, 0.6) is 0 Å². The minimum Gasteiger partial charge on any atom is -0.368 e. The first-order valence-corrected chi connectivity index (χ1v) is 7.76. The highest BCUT2D eigenvalue weighted by Crippen LogP contribution is 2.07. The molecule has 0 aromatic rings. The summed E-state index contributed by atoms with van der Waals surface area (Å²) < 4.78 is 13.0. The van der Waals surface area contributed by atoms with Crippen LogP contribution in [0.1, 0.15) is 38.5 Å². The average molecular weight is 319 g/mol. The first-order valence-electron chi connectivity index (χ1n) is 7.76. The van der Waals surface area contributed by atoms with Gasteiger partial charge in [-0.15, -0.1) is 9.60 Å². The van der Waals surface area contributed by atoms with Gasteiger partial charge in [-0.05, 0) is 45.7 Å². The third-order valence-corrected chi connectivity index (χ3v) is 3.49. The van der Waals surface area contributed by atoms with Crippen LogP contribution in [0.25, 0.3) is 0 Å². The Morgan fingerprint density at radius 2 is 1.73 bits per heavy atom. The summed E-state index contributed by atoms with van der Waals surface area (Å²) in [6.07, 6.45) is 4.12. The summed E-state index contributed by atoms with van der Waals surface area (Å²) in [5, 5.41) is 6.11. The van der Waals surface area contributed by atoms with Gasteiger partial charge in [-0.3, -0.25) is 9.59 Å². The molecular weight excluding hydrogens is 289 g/mol. The number of amides is 2. The van der Waals surface area contributed by atoms with Crippen LogP contribution in [-0.4, -0.2) is 56.2 Å². The van der Waals surface area contributed by atoms with Crippen LogP contribution >= 0.6 is 0 Å². The van der Waals surface area contributed by atoms with Gasteiger partial charge in [-0.2, -0.15) is 0 Å². The molecule has 0 aliphatic heterocycles. The normalized spacial score (nSPS) is 13.9. The topological polar surface area (TPSA) is 113 Å². The maximum absolute atomic E-state index is 13.0. The summed E-state index contributed by atoms with van der Waals surface area (Å²) in [5.41, 5.74) is 10.9. The second-order valence-electron chi connectivity index (χ2n) is 5.44. The standard InChI is InChI=1S/C14H30FN5O2/c1-18-9-5-3-7-11(16)14(22)19-10-6-4-8-12(13(17)21)20(2)15/h11-12,18H,3-10,16H2,1-2H3,(H2,17,21)(H,19,22). The van der Waals surface area contributed by atoms with Gasteiger partial charge in [-0.25, -0.2) is 0 Å². The van der Waals surface area contributed by atoms with Gasteiger partial charge in [-0.1, -0.05) is 6.42 Å². The average Bonchev–Trinajstić information content (AvgIpc) is 2.45. The summed E-state index contributed by atoms with van der Waals surface area (Å²) in [6, 6.07) is -1.41. The molecule has 6 N–H and O–H groups in total. The van der Waals surface area contributed by atoms with Gasteiger partial charge >= 0.3 is 0 Å². The maximum atomic E-state index is 13.0. The van der Waals surface area contributed by atoms with E-state index in [-0.39, 0.29) is 5.91 Å². The van der Waals surface area contributed by atoms with Crippen molar-refractivity contribution >= 4 is 11.8 Å². The molecule has 2 atom stereocenters. The number of nitrogens with one attached hydrogen (secondary N) is 2. The molecule has 0 aromatic heterocycles. The maximum Gasteiger partial charge on any atom is 0.237 e. The van der Waals surface area contributed by atoms with Gasteiger partial charge in [0.15, 0.2) is 0 Å². The molecule has 0 aromatic carbocycles. The molecule has 0 rings (SSSR count). The second kappa shape index (κ2) is 12.3. The van der Waals surface area contributed by atoms with Crippen LogP contribution in [0.4, 0.5) is 4.48 Å². The van der Waals surface area contributed by atoms with Crippen molar-refractivity contribution in [3.8, 4) is 0 Å². The molecule has 22 heavy (non-hydrogen) atoms. The van der Waals surface area contributed by atoms with Crippen molar-refractivity contribution in [2.24, 2.45) is 11.5 Å². The van der Waals surface area contributed by atoms with Crippen LogP contribution in [0.3, 0.4) is 0 Å². The number of halogens is 1. The number of primary amides is 1. The Bertz CT molecular complexity index is 328. The molecule has 2 amide bonds. The number of carbonyl (C=O) groups excluding carboxylic acids is 2. The van der Waals surface area contributed by atoms with Crippen molar-refractivity contribution in [3.05, 3.63) is 0 Å². The Morgan fingerprint density at radius 1 is 1.14 bits per heavy atom. The third-order valence-electron chi connectivity index (χ3n) is 3.49. The molecule has 0 spiro atoms. The predicted octanol–water partition coefficient (Wildman–Crippen LogP) is -0.340. The summed E-state index contributed by atoms with van der Waals surface area (Å²) >= 11 is 0. The molecule has 0 aliphatic carbocycles. The van der Waals surface area contributed by atoms with E-state index < -0.39 is 18.0 Å². The number of hydrogen-bond donors (Lipinski definition) is 4. The van der Waals surface area contributed by atoms with Gasteiger partial charge in [0.1, 0.15) is 6.04 Å². The summed E-state index contributed by atoms with van der Waals surface area (Å²) in [6.45, 7) is 1.38. The van der Waals surface area contributed by atoms with Crippen molar-refractivity contribution in [2.45, 2.75) is 50.6 Å². The van der Waals surface area contributed by atoms with Gasteiger partial charge in [0.2, 0.25) is 11.8 Å². The van der Waals surface area contributed by atoms with Crippen molar-refractivity contribution in [1.29, 1.82) is 0 Å². The molecule has 0 aliphatic rings. The number of hydrogen-bond acceptors (Lipinski definition) is 5. The zero-order valence-electron chi connectivity index (χ0n) is 13.6. The number of unbranched alkanes of at least 4 members (excludes halogenated alkanes) is 2. The summed E-state index contributed by atoms with van der Waals surface area (Å²) in [4.78, 5) is 22.7. The molecule has 0 bridgehead atoms. The fraction of sp³-hybridized carbons (Fsp3) is 0.857. The zero-order chi connectivity index (χ0) is 17.0. The van der Waals surface area contributed by atoms with Crippen LogP contribution in [0.15, 0.2) is 0 Å². The lowest BCUT2D eigenvalue weighted by Gasteiger charge is -2.17. The van der Waals surface area contributed by atoms with Crippen LogP contribution in [0.2, 0.25) is 0 Å². The third kappa shape index (κ3) is 9.64. The highest BCUT2D eigenvalue weighted by Gasteiger charge is 2.20. The minimum absolute atomic E-state index is 0.168. The lowest BCUT2D eigenvalue weighted by molar-refractivity contribution is -0.129. The molecule has 0 fully saturated rings. The smallest absolute Gasteiger partial charge is 0.237 e. The van der Waals surface area contributed by atoms with Gasteiger partial charge in [0.25, 0.3) is 0 Å². The molecular formula is C14H30FN5O2. The van der Waals surface area contributed by atoms with E-state index in [1.54, 1.807) is 0 Å². The number of likely N-dealkylation sites (N-methyl/N-ethyl adjacent to an activating group) is 1. The van der Waals surface area contributed by atoms with E-state index in [4.69, 9.17) is 11.5 Å². The molecule has 0 saturated heterocycles. The molecule has 0 radical (unpaired) electrons. The number of rotatable bonds is 13. The lowest BCUT2D eigenvalue weighted by Crippen LogP contribution is -2.41. The van der Waals surface area contributed by atoms with Crippen molar-refractivity contribution < 1.29 is 14.1 Å². The minimum atomic E-state index is -0.912. The first kappa shape index (κ1) is 20.8. The first-order chi connectivity index (χ1) is 10.4. The Kier molecular flexibility index (Phi) is 11.6. The Hall–Kier alpha value is -1.25. The number of nitrogens with two attached hydrogens (primary N) is 2. The van der Waals surface area contributed by atoms with Crippen molar-refractivity contribution in [3.63, 3.8) is 0 Å². The Balaban J connectivity index is 3.73. The molecule has 0 saturated carbocycles. The second-order valence-corrected chi connectivity index (χ2v) is 5.44. The highest BCUT2D eigenvalue weighted by molar-refractivity contribution is 5.81. The van der Waals surface area contributed by atoms with Crippen LogP contribution in [0, 0.1) is 0 Å². The van der Waals surface area contributed by atoms with Gasteiger partial charge in [0, 0.05) is 13.6 Å². The van der Waals surface area contributed by atoms with E-state index in [9.17, 15) is 14.1 Å². The summed E-state index contributed by atoms with van der Waals surface area (Å²) in [7, 11) is 3.06. The van der Waals surface area contributed by atoms with Crippen LogP contribution in [-0.2, 0) is 9.59 Å². The van der Waals surface area contributed by atoms with E-state index in [2.05, 4.69) is 10.6 Å². The fourth-order valence-corrected chi connectivity index (χ4v) is 2.10. The Labute approximate surface area is 131 Å². The molecule has 7 nitrogen and oxygen atoms in total. The molecule has 2 unspecified atom stereocenters. The fourth-order valence-electron chi connectivity index (χ4n) is 2.10. The number of nitrogens with zero attached hydrogens (tertiary/aromatic N) is 1. The predicted molar refractivity (Wildman–Crippen MR) is 84.5 cm³/mol. The van der Waals surface area contributed by atoms with Crippen molar-refractivity contribution in [1.82, 2.24) is 15.8 Å². The Morgan fingerprint density at radius 3 is 2.27 bits per heavy atom. The molecule has 8 heteroatoms. The van der Waals surface area contributed by atoms with Crippen LogP contribution < -0.4 is 22.1 Å². The van der Waals surface area contributed by atoms with E-state index >= 15 is 0 Å². The number of carbonyl (C=O) groups is 2. The van der Waals surface area contributed by atoms with E-state index in [1.807, 2.05) is 7.05 Å². The summed E-state index contributed by atoms with van der Waals surface area (Å²) in [5.74, 6) is -0.851. The lowest BCUT2D eigenvalue weighted by atomic mass is 10.1. The molecule has 130 valence electrons. The monoisotopic (exact) mass is 319 g/mol. The quantitative estimate of drug-likeness (QED) is 0.274. The zero-order valence-corrected chi connectivity index (χ0v) is 13.6. The van der Waals surface area contributed by atoms with E-state index in [1.165, 1.54) is 7.05 Å². The van der Waals surface area contributed by atoms with E-state index in [0.717, 1.165) is 19.4 Å². The van der Waals surface area contributed by atoms with Gasteiger partial charge in [0.05, 0.1) is 6.04 Å². The largest absolute Gasteiger partial charge is 0.368 e. The van der Waals surface area contributed by atoms with Crippen molar-refractivity contribution in [2.75, 3.05) is 27.2 Å². The van der Waals surface area contributed by atoms with E-state index in [0.29, 0.717) is 37.4 Å². The SMILES string of the molecule is CNCCCCC(N)C(=O)NCCCCC(C(N)=O)N(C)F.